The summed E-state index contributed by atoms with van der Waals surface area (Å²) in [5, 5.41) is 8.97. The lowest BCUT2D eigenvalue weighted by atomic mass is 10.1. The topological polar surface area (TPSA) is 79.3 Å². The van der Waals surface area contributed by atoms with E-state index < -0.39 is 11.9 Å². The fourth-order valence-electron chi connectivity index (χ4n) is 2.62. The van der Waals surface area contributed by atoms with E-state index in [-0.39, 0.29) is 13.4 Å². The van der Waals surface area contributed by atoms with E-state index in [1.165, 1.54) is 6.92 Å². The van der Waals surface area contributed by atoms with Crippen LogP contribution in [0.3, 0.4) is 0 Å². The average Bonchev–Trinajstić information content (AvgIpc) is 2.57. The largest absolute Gasteiger partial charge is 0.428 e. The molecule has 0 aromatic heterocycles. The molecule has 2 rings (SSSR count). The van der Waals surface area contributed by atoms with Crippen LogP contribution in [0.2, 0.25) is 0 Å². The van der Waals surface area contributed by atoms with Crippen LogP contribution in [-0.4, -0.2) is 73.0 Å². The molecule has 0 amide bonds. The highest BCUT2D eigenvalue weighted by atomic mass is 16.7. The summed E-state index contributed by atoms with van der Waals surface area (Å²) in [6.45, 7) is 6.30. The van der Waals surface area contributed by atoms with Crippen molar-refractivity contribution in [3.63, 3.8) is 0 Å². The highest BCUT2D eigenvalue weighted by Crippen LogP contribution is 2.12. The summed E-state index contributed by atoms with van der Waals surface area (Å²) in [6, 6.07) is 7.28. The number of piperazine rings is 1. The van der Waals surface area contributed by atoms with Crippen LogP contribution in [0.1, 0.15) is 22.8 Å². The molecular weight excluding hydrogens is 312 g/mol. The standard InChI is InChI=1S/C17H24N2O5/c1-14(21)23-13-24-17(22)16-4-2-3-15(11-16)12-19-7-5-18(6-8-19)9-10-20/h2-4,11,20H,5-10,12-13H2,1H3. The number of nitrogens with zero attached hydrogens (tertiary/aromatic N) is 2. The van der Waals surface area contributed by atoms with Crippen molar-refractivity contribution in [3.05, 3.63) is 35.4 Å². The third-order valence-electron chi connectivity index (χ3n) is 3.90. The molecule has 1 aromatic rings. The van der Waals surface area contributed by atoms with Gasteiger partial charge in [-0.2, -0.15) is 0 Å². The van der Waals surface area contributed by atoms with Gasteiger partial charge in [-0.1, -0.05) is 12.1 Å². The first kappa shape index (κ1) is 18.4. The van der Waals surface area contributed by atoms with E-state index in [0.29, 0.717) is 5.56 Å². The Hall–Kier alpha value is -1.96. The van der Waals surface area contributed by atoms with Gasteiger partial charge in [0.2, 0.25) is 6.79 Å². The summed E-state index contributed by atoms with van der Waals surface area (Å²) in [6.07, 6.45) is 0. The number of hydrogen-bond acceptors (Lipinski definition) is 7. The lowest BCUT2D eigenvalue weighted by Crippen LogP contribution is -2.46. The highest BCUT2D eigenvalue weighted by molar-refractivity contribution is 5.89. The quantitative estimate of drug-likeness (QED) is 0.573. The second-order valence-electron chi connectivity index (χ2n) is 5.73. The molecule has 0 bridgehead atoms. The Balaban J connectivity index is 1.84. The molecule has 0 unspecified atom stereocenters. The maximum absolute atomic E-state index is 11.9. The van der Waals surface area contributed by atoms with Gasteiger partial charge in [-0.15, -0.1) is 0 Å². The average molecular weight is 336 g/mol. The minimum Gasteiger partial charge on any atom is -0.428 e. The molecule has 1 aromatic carbocycles. The summed E-state index contributed by atoms with van der Waals surface area (Å²) in [7, 11) is 0. The second kappa shape index (κ2) is 9.36. The molecule has 1 N–H and O–H groups in total. The molecule has 1 fully saturated rings. The predicted molar refractivity (Wildman–Crippen MR) is 87.3 cm³/mol. The molecule has 7 heteroatoms. The van der Waals surface area contributed by atoms with E-state index in [9.17, 15) is 9.59 Å². The van der Waals surface area contributed by atoms with Gasteiger partial charge in [0.05, 0.1) is 12.2 Å². The SMILES string of the molecule is CC(=O)OCOC(=O)c1cccc(CN2CCN(CCO)CC2)c1. The van der Waals surface area contributed by atoms with Gasteiger partial charge in [-0.05, 0) is 17.7 Å². The monoisotopic (exact) mass is 336 g/mol. The van der Waals surface area contributed by atoms with Crippen molar-refractivity contribution in [3.8, 4) is 0 Å². The van der Waals surface area contributed by atoms with Gasteiger partial charge < -0.3 is 14.6 Å². The summed E-state index contributed by atoms with van der Waals surface area (Å²) in [4.78, 5) is 27.1. The van der Waals surface area contributed by atoms with Crippen molar-refractivity contribution >= 4 is 11.9 Å². The highest BCUT2D eigenvalue weighted by Gasteiger charge is 2.17. The fraction of sp³-hybridized carbons (Fsp3) is 0.529. The Morgan fingerprint density at radius 2 is 1.83 bits per heavy atom. The molecule has 0 atom stereocenters. The summed E-state index contributed by atoms with van der Waals surface area (Å²) in [5.41, 5.74) is 1.48. The predicted octanol–water partition coefficient (Wildman–Crippen LogP) is 0.474. The molecule has 1 saturated heterocycles. The van der Waals surface area contributed by atoms with Crippen molar-refractivity contribution in [2.24, 2.45) is 0 Å². The number of carbonyl (C=O) groups excluding carboxylic acids is 2. The number of β-amino-alcohol motifs (C(OH)–C–C–N with tert-alkyl or cyclic N) is 1. The first-order chi connectivity index (χ1) is 11.6. The number of hydrogen-bond donors (Lipinski definition) is 1. The minimum absolute atomic E-state index is 0.192. The lowest BCUT2D eigenvalue weighted by molar-refractivity contribution is -0.149. The molecular formula is C17H24N2O5. The Kier molecular flexibility index (Phi) is 7.17. The zero-order valence-electron chi connectivity index (χ0n) is 13.9. The summed E-state index contributed by atoms with van der Waals surface area (Å²) < 4.78 is 9.50. The third kappa shape index (κ3) is 5.92. The summed E-state index contributed by atoms with van der Waals surface area (Å²) >= 11 is 0. The third-order valence-corrected chi connectivity index (χ3v) is 3.90. The van der Waals surface area contributed by atoms with Crippen LogP contribution in [0, 0.1) is 0 Å². The Bertz CT molecular complexity index is 556. The smallest absolute Gasteiger partial charge is 0.341 e. The molecule has 1 aliphatic heterocycles. The molecule has 0 saturated carbocycles. The molecule has 132 valence electrons. The van der Waals surface area contributed by atoms with Crippen molar-refractivity contribution in [2.45, 2.75) is 13.5 Å². The van der Waals surface area contributed by atoms with Crippen molar-refractivity contribution in [2.75, 3.05) is 46.1 Å². The molecule has 7 nitrogen and oxygen atoms in total. The molecule has 0 radical (unpaired) electrons. The number of carbonyl (C=O) groups is 2. The van der Waals surface area contributed by atoms with E-state index in [1.54, 1.807) is 12.1 Å². The van der Waals surface area contributed by atoms with Crippen LogP contribution in [-0.2, 0) is 20.8 Å². The molecule has 0 spiro atoms. The van der Waals surface area contributed by atoms with Crippen LogP contribution in [0.4, 0.5) is 0 Å². The van der Waals surface area contributed by atoms with Crippen LogP contribution >= 0.6 is 0 Å². The number of benzene rings is 1. The zero-order valence-corrected chi connectivity index (χ0v) is 13.9. The number of aliphatic hydroxyl groups excluding tert-OH is 1. The molecule has 1 heterocycles. The Morgan fingerprint density at radius 1 is 1.12 bits per heavy atom. The Labute approximate surface area is 141 Å². The van der Waals surface area contributed by atoms with E-state index in [0.717, 1.165) is 44.8 Å². The van der Waals surface area contributed by atoms with Gasteiger partial charge in [-0.25, -0.2) is 4.79 Å². The van der Waals surface area contributed by atoms with E-state index in [1.807, 2.05) is 12.1 Å². The zero-order chi connectivity index (χ0) is 17.4. The van der Waals surface area contributed by atoms with Gasteiger partial charge in [0.1, 0.15) is 0 Å². The summed E-state index contributed by atoms with van der Waals surface area (Å²) in [5.74, 6) is -0.997. The second-order valence-corrected chi connectivity index (χ2v) is 5.73. The van der Waals surface area contributed by atoms with Gasteiger partial charge in [-0.3, -0.25) is 14.6 Å². The number of ether oxygens (including phenoxy) is 2. The van der Waals surface area contributed by atoms with Crippen molar-refractivity contribution < 1.29 is 24.2 Å². The molecule has 24 heavy (non-hydrogen) atoms. The van der Waals surface area contributed by atoms with E-state index in [2.05, 4.69) is 14.5 Å². The molecule has 1 aliphatic rings. The number of aliphatic hydroxyl groups is 1. The Morgan fingerprint density at radius 3 is 2.50 bits per heavy atom. The first-order valence-corrected chi connectivity index (χ1v) is 8.03. The maximum Gasteiger partial charge on any atom is 0.341 e. The number of esters is 2. The lowest BCUT2D eigenvalue weighted by Gasteiger charge is -2.34. The normalized spacial score (nSPS) is 15.9. The van der Waals surface area contributed by atoms with E-state index >= 15 is 0 Å². The minimum atomic E-state index is -0.508. The van der Waals surface area contributed by atoms with Gasteiger partial charge in [0.25, 0.3) is 0 Å². The van der Waals surface area contributed by atoms with Crippen LogP contribution in [0.15, 0.2) is 24.3 Å². The van der Waals surface area contributed by atoms with Crippen LogP contribution < -0.4 is 0 Å². The van der Waals surface area contributed by atoms with Crippen molar-refractivity contribution in [1.29, 1.82) is 0 Å². The fourth-order valence-corrected chi connectivity index (χ4v) is 2.62. The first-order valence-electron chi connectivity index (χ1n) is 8.03. The molecule has 0 aliphatic carbocycles. The van der Waals surface area contributed by atoms with Gasteiger partial charge in [0.15, 0.2) is 0 Å². The van der Waals surface area contributed by atoms with Crippen molar-refractivity contribution in [1.82, 2.24) is 9.80 Å². The van der Waals surface area contributed by atoms with Crippen LogP contribution in [0.25, 0.3) is 0 Å². The van der Waals surface area contributed by atoms with Crippen LogP contribution in [0.5, 0.6) is 0 Å². The number of rotatable bonds is 7. The van der Waals surface area contributed by atoms with Gasteiger partial charge >= 0.3 is 11.9 Å². The maximum atomic E-state index is 11.9. The van der Waals surface area contributed by atoms with E-state index in [4.69, 9.17) is 9.84 Å². The van der Waals surface area contributed by atoms with Gasteiger partial charge in [0, 0.05) is 46.2 Å².